The number of hydrogen-bond donors (Lipinski definition) is 2. The minimum Gasteiger partial charge on any atom is -0.298 e. The lowest BCUT2D eigenvalue weighted by molar-refractivity contribution is 0.0967. The van der Waals surface area contributed by atoms with Crippen LogP contribution in [0.25, 0.3) is 0 Å². The van der Waals surface area contributed by atoms with E-state index in [1.807, 2.05) is 35.7 Å². The molecule has 3 aromatic rings. The van der Waals surface area contributed by atoms with Crippen molar-refractivity contribution in [3.05, 3.63) is 86.7 Å². The number of carbonyl (C=O) groups is 2. The van der Waals surface area contributed by atoms with Gasteiger partial charge in [-0.25, -0.2) is 4.79 Å². The highest BCUT2D eigenvalue weighted by Crippen LogP contribution is 2.34. The van der Waals surface area contributed by atoms with Gasteiger partial charge in [0.25, 0.3) is 5.91 Å². The monoisotopic (exact) mass is 404 g/mol. The molecule has 0 aliphatic heterocycles. The van der Waals surface area contributed by atoms with Gasteiger partial charge in [0.2, 0.25) is 0 Å². The van der Waals surface area contributed by atoms with E-state index in [0.717, 1.165) is 11.1 Å². The summed E-state index contributed by atoms with van der Waals surface area (Å²) in [6.45, 7) is 0. The first-order valence-corrected chi connectivity index (χ1v) is 9.35. The van der Waals surface area contributed by atoms with Gasteiger partial charge in [-0.15, -0.1) is 11.3 Å². The van der Waals surface area contributed by atoms with Crippen LogP contribution in [0, 0.1) is 0 Å². The number of nitrogens with one attached hydrogen (secondary N) is 2. The minimum atomic E-state index is -0.662. The first-order valence-electron chi connectivity index (χ1n) is 7.71. The van der Waals surface area contributed by atoms with Crippen LogP contribution in [-0.4, -0.2) is 11.9 Å². The third-order valence-electron chi connectivity index (χ3n) is 3.61. The maximum atomic E-state index is 12.1. The number of carbonyl (C=O) groups excluding carboxylic acids is 2. The van der Waals surface area contributed by atoms with Crippen molar-refractivity contribution in [1.29, 1.82) is 0 Å². The molecule has 0 radical (unpaired) electrons. The number of rotatable bonds is 4. The number of amides is 3. The number of anilines is 1. The van der Waals surface area contributed by atoms with Crippen LogP contribution < -0.4 is 10.6 Å². The van der Waals surface area contributed by atoms with Crippen molar-refractivity contribution in [2.45, 2.75) is 6.42 Å². The van der Waals surface area contributed by atoms with Gasteiger partial charge in [-0.1, -0.05) is 65.7 Å². The number of halogens is 2. The summed E-state index contributed by atoms with van der Waals surface area (Å²) in [5.41, 5.74) is 2.26. The van der Waals surface area contributed by atoms with Gasteiger partial charge < -0.3 is 0 Å². The number of thiophene rings is 1. The SMILES string of the molecule is O=C(NC(=O)c1ccccc1Cl)Nc1scc(Cc2ccccc2)c1Cl. The highest BCUT2D eigenvalue weighted by atomic mass is 35.5. The number of hydrogen-bond acceptors (Lipinski definition) is 3. The lowest BCUT2D eigenvalue weighted by Gasteiger charge is -2.07. The van der Waals surface area contributed by atoms with Crippen molar-refractivity contribution in [3.8, 4) is 0 Å². The van der Waals surface area contributed by atoms with Crippen LogP contribution in [0.3, 0.4) is 0 Å². The largest absolute Gasteiger partial charge is 0.326 e. The second-order valence-electron chi connectivity index (χ2n) is 5.45. The summed E-state index contributed by atoms with van der Waals surface area (Å²) < 4.78 is 0. The maximum absolute atomic E-state index is 12.1. The number of benzene rings is 2. The Kier molecular flexibility index (Phi) is 5.93. The zero-order chi connectivity index (χ0) is 18.5. The van der Waals surface area contributed by atoms with E-state index < -0.39 is 11.9 Å². The highest BCUT2D eigenvalue weighted by Gasteiger charge is 2.16. The maximum Gasteiger partial charge on any atom is 0.326 e. The molecule has 0 unspecified atom stereocenters. The van der Waals surface area contributed by atoms with Gasteiger partial charge in [0, 0.05) is 0 Å². The first-order chi connectivity index (χ1) is 12.5. The molecule has 2 aromatic carbocycles. The van der Waals surface area contributed by atoms with E-state index in [0.29, 0.717) is 16.4 Å². The molecule has 3 rings (SSSR count). The van der Waals surface area contributed by atoms with E-state index in [2.05, 4.69) is 10.6 Å². The van der Waals surface area contributed by atoms with Crippen molar-refractivity contribution >= 4 is 51.5 Å². The lowest BCUT2D eigenvalue weighted by atomic mass is 10.1. The molecule has 4 nitrogen and oxygen atoms in total. The summed E-state index contributed by atoms with van der Waals surface area (Å²) in [6, 6.07) is 15.7. The van der Waals surface area contributed by atoms with Crippen LogP contribution >= 0.6 is 34.5 Å². The van der Waals surface area contributed by atoms with Crippen LogP contribution in [0.2, 0.25) is 10.0 Å². The molecule has 132 valence electrons. The van der Waals surface area contributed by atoms with Crippen molar-refractivity contribution in [2.75, 3.05) is 5.32 Å². The van der Waals surface area contributed by atoms with Crippen molar-refractivity contribution in [3.63, 3.8) is 0 Å². The predicted octanol–water partition coefficient (Wildman–Crippen LogP) is 5.61. The fourth-order valence-electron chi connectivity index (χ4n) is 2.35. The molecule has 0 fully saturated rings. The minimum absolute atomic E-state index is 0.228. The highest BCUT2D eigenvalue weighted by molar-refractivity contribution is 7.15. The Hall–Kier alpha value is -2.34. The van der Waals surface area contributed by atoms with Gasteiger partial charge >= 0.3 is 6.03 Å². The van der Waals surface area contributed by atoms with Gasteiger partial charge in [-0.05, 0) is 35.1 Å². The summed E-state index contributed by atoms with van der Waals surface area (Å²) in [4.78, 5) is 24.2. The van der Waals surface area contributed by atoms with Gasteiger partial charge in [0.05, 0.1) is 15.6 Å². The van der Waals surface area contributed by atoms with Crippen molar-refractivity contribution < 1.29 is 9.59 Å². The second-order valence-corrected chi connectivity index (χ2v) is 7.12. The van der Waals surface area contributed by atoms with Gasteiger partial charge in [0.1, 0.15) is 5.00 Å². The quantitative estimate of drug-likeness (QED) is 0.593. The first kappa shape index (κ1) is 18.5. The van der Waals surface area contributed by atoms with E-state index in [9.17, 15) is 9.59 Å². The van der Waals surface area contributed by atoms with Crippen LogP contribution in [0.1, 0.15) is 21.5 Å². The third-order valence-corrected chi connectivity index (χ3v) is 5.43. The number of urea groups is 1. The number of imide groups is 1. The van der Waals surface area contributed by atoms with Gasteiger partial charge in [0.15, 0.2) is 0 Å². The molecule has 1 aromatic heterocycles. The predicted molar refractivity (Wildman–Crippen MR) is 107 cm³/mol. The molecule has 3 amide bonds. The molecule has 0 saturated heterocycles. The van der Waals surface area contributed by atoms with Gasteiger partial charge in [-0.2, -0.15) is 0 Å². The van der Waals surface area contributed by atoms with Crippen LogP contribution in [0.4, 0.5) is 9.80 Å². The summed E-state index contributed by atoms with van der Waals surface area (Å²) in [7, 11) is 0. The average Bonchev–Trinajstić information content (AvgIpc) is 2.96. The molecule has 0 aliphatic rings. The lowest BCUT2D eigenvalue weighted by Crippen LogP contribution is -2.34. The fourth-order valence-corrected chi connectivity index (χ4v) is 3.78. The summed E-state index contributed by atoms with van der Waals surface area (Å²) in [5, 5.41) is 7.98. The Morgan fingerprint density at radius 2 is 1.65 bits per heavy atom. The Labute approximate surface area is 164 Å². The molecule has 0 bridgehead atoms. The van der Waals surface area contributed by atoms with E-state index in [1.165, 1.54) is 11.3 Å². The molecule has 7 heteroatoms. The summed E-state index contributed by atoms with van der Waals surface area (Å²) in [6.07, 6.45) is 0.665. The molecule has 1 heterocycles. The van der Waals surface area contributed by atoms with Crippen LogP contribution in [0.15, 0.2) is 60.0 Å². The Bertz CT molecular complexity index is 942. The van der Waals surface area contributed by atoms with E-state index >= 15 is 0 Å². The van der Waals surface area contributed by atoms with Crippen molar-refractivity contribution in [1.82, 2.24) is 5.32 Å². The fraction of sp³-hybridized carbons (Fsp3) is 0.0526. The average molecular weight is 405 g/mol. The van der Waals surface area contributed by atoms with Crippen LogP contribution in [-0.2, 0) is 6.42 Å². The smallest absolute Gasteiger partial charge is 0.298 e. The molecule has 0 saturated carbocycles. The molecule has 0 spiro atoms. The van der Waals surface area contributed by atoms with Crippen LogP contribution in [0.5, 0.6) is 0 Å². The summed E-state index contributed by atoms with van der Waals surface area (Å²) in [5.74, 6) is -0.578. The van der Waals surface area contributed by atoms with E-state index in [4.69, 9.17) is 23.2 Å². The van der Waals surface area contributed by atoms with Crippen molar-refractivity contribution in [2.24, 2.45) is 0 Å². The summed E-state index contributed by atoms with van der Waals surface area (Å²) >= 11 is 13.6. The zero-order valence-electron chi connectivity index (χ0n) is 13.5. The Morgan fingerprint density at radius 1 is 0.962 bits per heavy atom. The molecule has 26 heavy (non-hydrogen) atoms. The Morgan fingerprint density at radius 3 is 2.38 bits per heavy atom. The molecular formula is C19H14Cl2N2O2S. The second kappa shape index (κ2) is 8.36. The molecule has 0 atom stereocenters. The van der Waals surface area contributed by atoms with Gasteiger partial charge in [-0.3, -0.25) is 15.4 Å². The molecular weight excluding hydrogens is 391 g/mol. The van der Waals surface area contributed by atoms with E-state index in [-0.39, 0.29) is 10.6 Å². The normalized spacial score (nSPS) is 10.4. The topological polar surface area (TPSA) is 58.2 Å². The molecule has 0 aliphatic carbocycles. The standard InChI is InChI=1S/C19H14Cl2N2O2S/c20-15-9-5-4-8-14(15)17(24)22-19(25)23-18-16(21)13(11-26-18)10-12-6-2-1-3-7-12/h1-9,11H,10H2,(H2,22,23,24,25). The third kappa shape index (κ3) is 4.43. The zero-order valence-corrected chi connectivity index (χ0v) is 15.8. The Balaban J connectivity index is 1.65. The molecule has 2 N–H and O–H groups in total. The van der Waals surface area contributed by atoms with E-state index in [1.54, 1.807) is 24.3 Å².